The molecule has 0 radical (unpaired) electrons. The summed E-state index contributed by atoms with van der Waals surface area (Å²) in [6.45, 7) is 1.89. The van der Waals surface area contributed by atoms with Gasteiger partial charge in [-0.3, -0.25) is 9.69 Å². The molecule has 0 unspecified atom stereocenters. The maximum Gasteiger partial charge on any atom is 0.310 e. The molecule has 3 nitrogen and oxygen atoms in total. The van der Waals surface area contributed by atoms with E-state index in [4.69, 9.17) is 4.74 Å². The minimum Gasteiger partial charge on any atom is -0.449 e. The SMILES string of the molecule is O=C(OCN(Cc1ccccc1)Cc1ccccc1)C1CCCCC1. The first-order chi connectivity index (χ1) is 12.3. The molecule has 132 valence electrons. The average Bonchev–Trinajstić information content (AvgIpc) is 2.68. The van der Waals surface area contributed by atoms with Gasteiger partial charge in [0.15, 0.2) is 0 Å². The van der Waals surface area contributed by atoms with Crippen molar-refractivity contribution in [3.63, 3.8) is 0 Å². The molecule has 0 spiro atoms. The van der Waals surface area contributed by atoms with E-state index in [-0.39, 0.29) is 11.9 Å². The fourth-order valence-corrected chi connectivity index (χ4v) is 3.44. The number of nitrogens with zero attached hydrogens (tertiary/aromatic N) is 1. The Hall–Kier alpha value is -2.13. The first-order valence-corrected chi connectivity index (χ1v) is 9.28. The second kappa shape index (κ2) is 9.38. The van der Waals surface area contributed by atoms with Crippen LogP contribution < -0.4 is 0 Å². The van der Waals surface area contributed by atoms with Gasteiger partial charge >= 0.3 is 5.97 Å². The number of hydrogen-bond donors (Lipinski definition) is 0. The average molecular weight is 337 g/mol. The number of esters is 1. The maximum absolute atomic E-state index is 12.4. The van der Waals surface area contributed by atoms with E-state index < -0.39 is 0 Å². The van der Waals surface area contributed by atoms with Gasteiger partial charge in [-0.1, -0.05) is 79.9 Å². The number of carbonyl (C=O) groups is 1. The van der Waals surface area contributed by atoms with E-state index in [1.54, 1.807) is 0 Å². The van der Waals surface area contributed by atoms with Crippen LogP contribution in [0.1, 0.15) is 43.2 Å². The van der Waals surface area contributed by atoms with Gasteiger partial charge in [-0.05, 0) is 24.0 Å². The lowest BCUT2D eigenvalue weighted by Gasteiger charge is -2.25. The van der Waals surface area contributed by atoms with E-state index in [0.29, 0.717) is 6.73 Å². The van der Waals surface area contributed by atoms with Crippen molar-refractivity contribution in [3.05, 3.63) is 71.8 Å². The highest BCUT2D eigenvalue weighted by molar-refractivity contribution is 5.72. The molecular weight excluding hydrogens is 310 g/mol. The van der Waals surface area contributed by atoms with Crippen LogP contribution in [0.2, 0.25) is 0 Å². The summed E-state index contributed by atoms with van der Waals surface area (Å²) in [4.78, 5) is 14.5. The summed E-state index contributed by atoms with van der Waals surface area (Å²) < 4.78 is 5.68. The molecule has 0 saturated heterocycles. The first-order valence-electron chi connectivity index (χ1n) is 9.28. The van der Waals surface area contributed by atoms with Crippen molar-refractivity contribution in [1.29, 1.82) is 0 Å². The Morgan fingerprint density at radius 3 is 1.88 bits per heavy atom. The van der Waals surface area contributed by atoms with Crippen LogP contribution in [0.5, 0.6) is 0 Å². The molecule has 0 heterocycles. The molecule has 0 aliphatic heterocycles. The van der Waals surface area contributed by atoms with Crippen molar-refractivity contribution >= 4 is 5.97 Å². The molecule has 0 aromatic heterocycles. The number of rotatable bonds is 7. The van der Waals surface area contributed by atoms with Gasteiger partial charge in [-0.25, -0.2) is 0 Å². The largest absolute Gasteiger partial charge is 0.449 e. The van der Waals surface area contributed by atoms with Gasteiger partial charge in [0.25, 0.3) is 0 Å². The third-order valence-electron chi connectivity index (χ3n) is 4.83. The maximum atomic E-state index is 12.4. The summed E-state index contributed by atoms with van der Waals surface area (Å²) in [5.74, 6) is 0.0786. The van der Waals surface area contributed by atoms with Crippen LogP contribution in [0.4, 0.5) is 0 Å². The van der Waals surface area contributed by atoms with E-state index in [1.807, 2.05) is 36.4 Å². The Labute approximate surface area is 150 Å². The van der Waals surface area contributed by atoms with E-state index in [2.05, 4.69) is 29.2 Å². The molecule has 1 aliphatic rings. The van der Waals surface area contributed by atoms with Crippen LogP contribution in [0, 0.1) is 5.92 Å². The topological polar surface area (TPSA) is 29.5 Å². The smallest absolute Gasteiger partial charge is 0.310 e. The summed E-state index contributed by atoms with van der Waals surface area (Å²) >= 11 is 0. The van der Waals surface area contributed by atoms with Gasteiger partial charge in [0.1, 0.15) is 6.73 Å². The lowest BCUT2D eigenvalue weighted by Crippen LogP contribution is -2.30. The highest BCUT2D eigenvalue weighted by Gasteiger charge is 2.23. The van der Waals surface area contributed by atoms with Gasteiger partial charge in [0.05, 0.1) is 5.92 Å². The lowest BCUT2D eigenvalue weighted by molar-refractivity contribution is -0.155. The predicted molar refractivity (Wildman–Crippen MR) is 99.7 cm³/mol. The van der Waals surface area contributed by atoms with Gasteiger partial charge in [-0.15, -0.1) is 0 Å². The second-order valence-electron chi connectivity index (χ2n) is 6.89. The van der Waals surface area contributed by atoms with Crippen LogP contribution in [0.3, 0.4) is 0 Å². The Morgan fingerprint density at radius 2 is 1.36 bits per heavy atom. The van der Waals surface area contributed by atoms with E-state index in [1.165, 1.54) is 17.5 Å². The molecule has 2 aromatic carbocycles. The minimum atomic E-state index is -0.0224. The molecule has 25 heavy (non-hydrogen) atoms. The fraction of sp³-hybridized carbons (Fsp3) is 0.409. The minimum absolute atomic E-state index is 0.0224. The monoisotopic (exact) mass is 337 g/mol. The molecular formula is C22H27NO2. The Kier molecular flexibility index (Phi) is 6.63. The van der Waals surface area contributed by atoms with Crippen LogP contribution in [-0.4, -0.2) is 17.6 Å². The Morgan fingerprint density at radius 1 is 0.840 bits per heavy atom. The van der Waals surface area contributed by atoms with Crippen LogP contribution in [-0.2, 0) is 22.6 Å². The van der Waals surface area contributed by atoms with Crippen molar-refractivity contribution in [3.8, 4) is 0 Å². The molecule has 0 atom stereocenters. The normalized spacial score (nSPS) is 15.2. The number of hydrogen-bond acceptors (Lipinski definition) is 3. The molecule has 3 heteroatoms. The summed E-state index contributed by atoms with van der Waals surface area (Å²) in [6.07, 6.45) is 5.51. The van der Waals surface area contributed by atoms with Crippen molar-refractivity contribution in [2.45, 2.75) is 45.2 Å². The second-order valence-corrected chi connectivity index (χ2v) is 6.89. The van der Waals surface area contributed by atoms with Crippen molar-refractivity contribution in [2.75, 3.05) is 6.73 Å². The summed E-state index contributed by atoms with van der Waals surface area (Å²) in [5, 5.41) is 0. The predicted octanol–water partition coefficient (Wildman–Crippen LogP) is 4.77. The van der Waals surface area contributed by atoms with Crippen LogP contribution in [0.15, 0.2) is 60.7 Å². The summed E-state index contributed by atoms with van der Waals surface area (Å²) in [7, 11) is 0. The zero-order valence-corrected chi connectivity index (χ0v) is 14.8. The van der Waals surface area contributed by atoms with E-state index >= 15 is 0 Å². The third kappa shape index (κ3) is 5.71. The Bertz CT molecular complexity index is 594. The summed E-state index contributed by atoms with van der Waals surface area (Å²) in [6, 6.07) is 20.7. The first kappa shape index (κ1) is 17.7. The van der Waals surface area contributed by atoms with Gasteiger partial charge in [0.2, 0.25) is 0 Å². The number of benzene rings is 2. The van der Waals surface area contributed by atoms with Crippen molar-refractivity contribution in [1.82, 2.24) is 4.90 Å². The molecule has 3 rings (SSSR count). The van der Waals surface area contributed by atoms with Crippen LogP contribution >= 0.6 is 0 Å². The molecule has 1 aliphatic carbocycles. The number of carbonyl (C=O) groups excluding carboxylic acids is 1. The third-order valence-corrected chi connectivity index (χ3v) is 4.83. The molecule has 2 aromatic rings. The zero-order valence-electron chi connectivity index (χ0n) is 14.8. The molecule has 0 bridgehead atoms. The Balaban J connectivity index is 1.60. The van der Waals surface area contributed by atoms with Gasteiger partial charge in [0, 0.05) is 13.1 Å². The highest BCUT2D eigenvalue weighted by Crippen LogP contribution is 2.24. The highest BCUT2D eigenvalue weighted by atomic mass is 16.5. The van der Waals surface area contributed by atoms with Gasteiger partial charge in [-0.2, -0.15) is 0 Å². The lowest BCUT2D eigenvalue weighted by atomic mass is 9.89. The fourth-order valence-electron chi connectivity index (χ4n) is 3.44. The van der Waals surface area contributed by atoms with Crippen molar-refractivity contribution in [2.24, 2.45) is 5.92 Å². The summed E-state index contributed by atoms with van der Waals surface area (Å²) in [5.41, 5.74) is 2.46. The standard InChI is InChI=1S/C22H27NO2/c24-22(21-14-8-3-9-15-21)25-18-23(16-19-10-4-1-5-11-19)17-20-12-6-2-7-13-20/h1-2,4-7,10-13,21H,3,8-9,14-18H2. The number of ether oxygens (including phenoxy) is 1. The molecule has 0 amide bonds. The van der Waals surface area contributed by atoms with E-state index in [9.17, 15) is 4.79 Å². The molecule has 0 N–H and O–H groups in total. The molecule has 1 fully saturated rings. The van der Waals surface area contributed by atoms with Crippen LogP contribution in [0.25, 0.3) is 0 Å². The molecule has 1 saturated carbocycles. The quantitative estimate of drug-likeness (QED) is 0.538. The van der Waals surface area contributed by atoms with Gasteiger partial charge < -0.3 is 4.74 Å². The van der Waals surface area contributed by atoms with Crippen molar-refractivity contribution < 1.29 is 9.53 Å². The van der Waals surface area contributed by atoms with E-state index in [0.717, 1.165) is 38.8 Å². The zero-order chi connectivity index (χ0) is 17.3.